The van der Waals surface area contributed by atoms with Crippen LogP contribution in [0.1, 0.15) is 32.1 Å². The lowest BCUT2D eigenvalue weighted by Crippen LogP contribution is -2.45. The number of hydrogen-bond acceptors (Lipinski definition) is 2. The summed E-state index contributed by atoms with van der Waals surface area (Å²) in [5.41, 5.74) is 0. The SMILES string of the molecule is O=C([C@H]1CCCCO1)N1CCC(CF)CC1. The van der Waals surface area contributed by atoms with E-state index in [1.807, 2.05) is 4.90 Å². The van der Waals surface area contributed by atoms with E-state index in [2.05, 4.69) is 0 Å². The molecule has 0 saturated carbocycles. The second kappa shape index (κ2) is 5.62. The summed E-state index contributed by atoms with van der Waals surface area (Å²) in [6, 6.07) is 0. The summed E-state index contributed by atoms with van der Waals surface area (Å²) in [7, 11) is 0. The molecule has 2 rings (SSSR count). The minimum absolute atomic E-state index is 0.122. The number of hydrogen-bond donors (Lipinski definition) is 0. The van der Waals surface area contributed by atoms with Crippen molar-refractivity contribution in [3.05, 3.63) is 0 Å². The van der Waals surface area contributed by atoms with Crippen molar-refractivity contribution >= 4 is 5.91 Å². The van der Waals surface area contributed by atoms with Crippen molar-refractivity contribution in [3.8, 4) is 0 Å². The molecule has 16 heavy (non-hydrogen) atoms. The first-order valence-corrected chi connectivity index (χ1v) is 6.27. The molecule has 4 heteroatoms. The Labute approximate surface area is 95.9 Å². The molecule has 1 amide bonds. The maximum absolute atomic E-state index is 12.4. The predicted molar refractivity (Wildman–Crippen MR) is 58.9 cm³/mol. The molecule has 0 radical (unpaired) electrons. The number of alkyl halides is 1. The van der Waals surface area contributed by atoms with Crippen LogP contribution in [0, 0.1) is 5.92 Å². The zero-order valence-corrected chi connectivity index (χ0v) is 9.66. The van der Waals surface area contributed by atoms with Gasteiger partial charge in [0.25, 0.3) is 5.91 Å². The topological polar surface area (TPSA) is 29.5 Å². The van der Waals surface area contributed by atoms with Crippen LogP contribution in [0.4, 0.5) is 4.39 Å². The zero-order valence-electron chi connectivity index (χ0n) is 9.66. The van der Waals surface area contributed by atoms with E-state index in [4.69, 9.17) is 4.74 Å². The Morgan fingerprint density at radius 1 is 1.25 bits per heavy atom. The van der Waals surface area contributed by atoms with Gasteiger partial charge in [0.05, 0.1) is 6.67 Å². The molecule has 2 heterocycles. The van der Waals surface area contributed by atoms with Crippen molar-refractivity contribution in [2.45, 2.75) is 38.2 Å². The lowest BCUT2D eigenvalue weighted by atomic mass is 9.97. The van der Waals surface area contributed by atoms with Crippen LogP contribution in [0.3, 0.4) is 0 Å². The summed E-state index contributed by atoms with van der Waals surface area (Å²) in [6.07, 6.45) is 4.37. The normalized spacial score (nSPS) is 28.1. The molecule has 2 aliphatic rings. The van der Waals surface area contributed by atoms with Crippen molar-refractivity contribution in [2.75, 3.05) is 26.4 Å². The fourth-order valence-corrected chi connectivity index (χ4v) is 2.45. The highest BCUT2D eigenvalue weighted by atomic mass is 19.1. The molecule has 0 aromatic carbocycles. The molecule has 0 aliphatic carbocycles. The van der Waals surface area contributed by atoms with E-state index in [1.165, 1.54) is 0 Å². The van der Waals surface area contributed by atoms with Crippen LogP contribution in [0.2, 0.25) is 0 Å². The van der Waals surface area contributed by atoms with E-state index < -0.39 is 0 Å². The molecule has 0 aromatic rings. The van der Waals surface area contributed by atoms with Gasteiger partial charge in [-0.3, -0.25) is 9.18 Å². The van der Waals surface area contributed by atoms with Gasteiger partial charge < -0.3 is 9.64 Å². The summed E-state index contributed by atoms with van der Waals surface area (Å²) < 4.78 is 17.9. The molecule has 0 unspecified atom stereocenters. The molecule has 2 aliphatic heterocycles. The average molecular weight is 229 g/mol. The van der Waals surface area contributed by atoms with Gasteiger partial charge in [0.2, 0.25) is 0 Å². The molecular formula is C12H20FNO2. The van der Waals surface area contributed by atoms with Gasteiger partial charge in [-0.25, -0.2) is 0 Å². The van der Waals surface area contributed by atoms with Crippen LogP contribution >= 0.6 is 0 Å². The minimum atomic E-state index is -0.248. The Morgan fingerprint density at radius 2 is 2.00 bits per heavy atom. The van der Waals surface area contributed by atoms with Crippen LogP contribution in [0.25, 0.3) is 0 Å². The van der Waals surface area contributed by atoms with Crippen molar-refractivity contribution in [3.63, 3.8) is 0 Å². The Morgan fingerprint density at radius 3 is 2.56 bits per heavy atom. The molecule has 0 aromatic heterocycles. The Bertz CT molecular complexity index is 233. The van der Waals surface area contributed by atoms with Crippen LogP contribution in [-0.4, -0.2) is 43.3 Å². The maximum Gasteiger partial charge on any atom is 0.251 e. The van der Waals surface area contributed by atoms with E-state index in [0.29, 0.717) is 19.7 Å². The second-order valence-electron chi connectivity index (χ2n) is 4.78. The van der Waals surface area contributed by atoms with Crippen LogP contribution in [0.5, 0.6) is 0 Å². The summed E-state index contributed by atoms with van der Waals surface area (Å²) in [5.74, 6) is 0.285. The smallest absolute Gasteiger partial charge is 0.251 e. The molecule has 2 saturated heterocycles. The first-order valence-electron chi connectivity index (χ1n) is 6.27. The van der Waals surface area contributed by atoms with Gasteiger partial charge >= 0.3 is 0 Å². The predicted octanol–water partition coefficient (Wildman–Crippen LogP) is 1.76. The molecule has 3 nitrogen and oxygen atoms in total. The molecule has 0 bridgehead atoms. The number of carbonyl (C=O) groups is 1. The summed E-state index contributed by atoms with van der Waals surface area (Å²) in [5, 5.41) is 0. The number of ether oxygens (including phenoxy) is 1. The third kappa shape index (κ3) is 2.73. The lowest BCUT2D eigenvalue weighted by Gasteiger charge is -2.34. The summed E-state index contributed by atoms with van der Waals surface area (Å²) in [4.78, 5) is 13.9. The van der Waals surface area contributed by atoms with Crippen molar-refractivity contribution < 1.29 is 13.9 Å². The molecular weight excluding hydrogens is 209 g/mol. The average Bonchev–Trinajstić information content (AvgIpc) is 2.39. The van der Waals surface area contributed by atoms with Crippen LogP contribution in [0.15, 0.2) is 0 Å². The Hall–Kier alpha value is -0.640. The number of likely N-dealkylation sites (tertiary alicyclic amines) is 1. The van der Waals surface area contributed by atoms with Crippen LogP contribution < -0.4 is 0 Å². The highest BCUT2D eigenvalue weighted by Crippen LogP contribution is 2.21. The second-order valence-corrected chi connectivity index (χ2v) is 4.78. The standard InChI is InChI=1S/C12H20FNO2/c13-9-10-4-6-14(7-5-10)12(15)11-3-1-2-8-16-11/h10-11H,1-9H2/t11-/m1/s1. The third-order valence-electron chi connectivity index (χ3n) is 3.60. The fraction of sp³-hybridized carbons (Fsp3) is 0.917. The first kappa shape index (κ1) is 11.8. The number of amides is 1. The summed E-state index contributed by atoms with van der Waals surface area (Å²) >= 11 is 0. The largest absolute Gasteiger partial charge is 0.368 e. The van der Waals surface area contributed by atoms with Crippen molar-refractivity contribution in [1.29, 1.82) is 0 Å². The number of piperidine rings is 1. The monoisotopic (exact) mass is 229 g/mol. The van der Waals surface area contributed by atoms with Gasteiger partial charge in [0.15, 0.2) is 0 Å². The number of halogens is 1. The van der Waals surface area contributed by atoms with Gasteiger partial charge in [0.1, 0.15) is 6.10 Å². The van der Waals surface area contributed by atoms with E-state index in [-0.39, 0.29) is 24.6 Å². The van der Waals surface area contributed by atoms with Gasteiger partial charge in [-0.05, 0) is 38.0 Å². The van der Waals surface area contributed by atoms with Gasteiger partial charge in [-0.15, -0.1) is 0 Å². The van der Waals surface area contributed by atoms with E-state index >= 15 is 0 Å². The quantitative estimate of drug-likeness (QED) is 0.722. The third-order valence-corrected chi connectivity index (χ3v) is 3.60. The highest BCUT2D eigenvalue weighted by Gasteiger charge is 2.29. The van der Waals surface area contributed by atoms with Gasteiger partial charge in [-0.1, -0.05) is 0 Å². The molecule has 2 fully saturated rings. The van der Waals surface area contributed by atoms with Crippen molar-refractivity contribution in [2.24, 2.45) is 5.92 Å². The summed E-state index contributed by atoms with van der Waals surface area (Å²) in [6.45, 7) is 1.86. The van der Waals surface area contributed by atoms with E-state index in [1.54, 1.807) is 0 Å². The molecule has 92 valence electrons. The first-order chi connectivity index (χ1) is 7.81. The highest BCUT2D eigenvalue weighted by molar-refractivity contribution is 5.81. The molecule has 0 N–H and O–H groups in total. The lowest BCUT2D eigenvalue weighted by molar-refractivity contribution is -0.148. The minimum Gasteiger partial charge on any atom is -0.368 e. The zero-order chi connectivity index (χ0) is 11.4. The van der Waals surface area contributed by atoms with Gasteiger partial charge in [0, 0.05) is 19.7 Å². The molecule has 0 spiro atoms. The number of nitrogens with zero attached hydrogens (tertiary/aromatic N) is 1. The van der Waals surface area contributed by atoms with E-state index in [9.17, 15) is 9.18 Å². The Kier molecular flexibility index (Phi) is 4.16. The fourth-order valence-electron chi connectivity index (χ4n) is 2.45. The molecule has 1 atom stereocenters. The maximum atomic E-state index is 12.4. The van der Waals surface area contributed by atoms with Gasteiger partial charge in [-0.2, -0.15) is 0 Å². The van der Waals surface area contributed by atoms with Crippen molar-refractivity contribution in [1.82, 2.24) is 4.90 Å². The Balaban J connectivity index is 1.81. The van der Waals surface area contributed by atoms with E-state index in [0.717, 1.165) is 32.1 Å². The number of carbonyl (C=O) groups excluding carboxylic acids is 1. The number of rotatable bonds is 2. The van der Waals surface area contributed by atoms with Crippen LogP contribution in [-0.2, 0) is 9.53 Å².